The molecule has 0 radical (unpaired) electrons. The number of anilines is 1. The van der Waals surface area contributed by atoms with Gasteiger partial charge in [-0.25, -0.2) is 0 Å². The average molecular weight is 253 g/mol. The van der Waals surface area contributed by atoms with E-state index in [-0.39, 0.29) is 11.9 Å². The van der Waals surface area contributed by atoms with Crippen LogP contribution >= 0.6 is 0 Å². The summed E-state index contributed by atoms with van der Waals surface area (Å²) < 4.78 is 5.92. The van der Waals surface area contributed by atoms with Crippen LogP contribution in [-0.2, 0) is 0 Å². The molecule has 1 heterocycles. The molecule has 2 aromatic rings. The molecule has 0 amide bonds. The topological polar surface area (TPSA) is 52.3 Å². The van der Waals surface area contributed by atoms with Gasteiger partial charge in [-0.05, 0) is 36.8 Å². The van der Waals surface area contributed by atoms with Crippen molar-refractivity contribution < 1.29 is 9.53 Å². The fourth-order valence-electron chi connectivity index (χ4n) is 2.38. The molecule has 1 aliphatic rings. The van der Waals surface area contributed by atoms with Crippen molar-refractivity contribution in [1.82, 2.24) is 0 Å². The first kappa shape index (κ1) is 11.8. The minimum Gasteiger partial charge on any atom is -0.484 e. The molecule has 3 nitrogen and oxygen atoms in total. The molecule has 0 saturated heterocycles. The molecule has 1 aliphatic heterocycles. The summed E-state index contributed by atoms with van der Waals surface area (Å²) in [6.45, 7) is 1.97. The normalized spacial score (nSPS) is 17.7. The molecular formula is C16H15NO2. The van der Waals surface area contributed by atoms with Crippen molar-refractivity contribution in [2.45, 2.75) is 19.4 Å². The molecule has 0 fully saturated rings. The molecule has 0 bridgehead atoms. The minimum absolute atomic E-state index is 0.123. The smallest absolute Gasteiger partial charge is 0.170 e. The van der Waals surface area contributed by atoms with E-state index in [1.54, 1.807) is 0 Å². The van der Waals surface area contributed by atoms with E-state index in [9.17, 15) is 4.79 Å². The molecule has 2 aromatic carbocycles. The minimum atomic E-state index is -0.244. The zero-order chi connectivity index (χ0) is 13.4. The van der Waals surface area contributed by atoms with Crippen LogP contribution in [0, 0.1) is 6.92 Å². The highest BCUT2D eigenvalue weighted by atomic mass is 16.5. The Morgan fingerprint density at radius 1 is 1.21 bits per heavy atom. The Labute approximate surface area is 112 Å². The average Bonchev–Trinajstić information content (AvgIpc) is 2.39. The van der Waals surface area contributed by atoms with E-state index in [1.807, 2.05) is 49.4 Å². The highest BCUT2D eigenvalue weighted by Gasteiger charge is 2.27. The van der Waals surface area contributed by atoms with Gasteiger partial charge in [-0.2, -0.15) is 0 Å². The van der Waals surface area contributed by atoms with E-state index in [0.29, 0.717) is 23.4 Å². The lowest BCUT2D eigenvalue weighted by Crippen LogP contribution is -2.20. The molecule has 3 rings (SSSR count). The second kappa shape index (κ2) is 4.43. The van der Waals surface area contributed by atoms with Crippen LogP contribution in [0.2, 0.25) is 0 Å². The number of nitrogens with two attached hydrogens (primary N) is 1. The van der Waals surface area contributed by atoms with Crippen molar-refractivity contribution in [2.24, 2.45) is 0 Å². The molecular weight excluding hydrogens is 238 g/mol. The van der Waals surface area contributed by atoms with E-state index in [0.717, 1.165) is 11.1 Å². The van der Waals surface area contributed by atoms with Crippen LogP contribution in [0.25, 0.3) is 0 Å². The summed E-state index contributed by atoms with van der Waals surface area (Å²) in [5.41, 5.74) is 9.15. The van der Waals surface area contributed by atoms with Gasteiger partial charge < -0.3 is 10.5 Å². The van der Waals surface area contributed by atoms with Crippen molar-refractivity contribution >= 4 is 11.5 Å². The summed E-state index contributed by atoms with van der Waals surface area (Å²) in [5.74, 6) is 0.784. The summed E-state index contributed by atoms with van der Waals surface area (Å²) in [5, 5.41) is 0. The predicted octanol–water partition coefficient (Wildman–Crippen LogP) is 3.28. The molecule has 3 heteroatoms. The molecule has 1 unspecified atom stereocenters. The Bertz CT molecular complexity index is 649. The molecule has 0 aromatic heterocycles. The van der Waals surface area contributed by atoms with Gasteiger partial charge in [0.2, 0.25) is 0 Å². The Kier molecular flexibility index (Phi) is 2.75. The van der Waals surface area contributed by atoms with Crippen molar-refractivity contribution in [2.75, 3.05) is 5.73 Å². The van der Waals surface area contributed by atoms with Gasteiger partial charge in [-0.1, -0.05) is 23.8 Å². The summed E-state index contributed by atoms with van der Waals surface area (Å²) in [4.78, 5) is 12.2. The quantitative estimate of drug-likeness (QED) is 0.793. The maximum Gasteiger partial charge on any atom is 0.170 e. The summed E-state index contributed by atoms with van der Waals surface area (Å²) >= 11 is 0. The summed E-state index contributed by atoms with van der Waals surface area (Å²) in [6.07, 6.45) is 0.117. The number of nitrogen functional groups attached to an aromatic ring is 1. The van der Waals surface area contributed by atoms with E-state index >= 15 is 0 Å². The Morgan fingerprint density at radius 2 is 2.05 bits per heavy atom. The fraction of sp³-hybridized carbons (Fsp3) is 0.188. The number of ether oxygens (including phenoxy) is 1. The third kappa shape index (κ3) is 2.19. The maximum absolute atomic E-state index is 12.2. The zero-order valence-corrected chi connectivity index (χ0v) is 10.7. The van der Waals surface area contributed by atoms with Gasteiger partial charge in [0.05, 0.1) is 12.0 Å². The van der Waals surface area contributed by atoms with Gasteiger partial charge in [0, 0.05) is 5.69 Å². The number of benzene rings is 2. The van der Waals surface area contributed by atoms with Gasteiger partial charge in [-0.15, -0.1) is 0 Å². The van der Waals surface area contributed by atoms with Crippen LogP contribution in [0.3, 0.4) is 0 Å². The van der Waals surface area contributed by atoms with E-state index in [1.165, 1.54) is 0 Å². The van der Waals surface area contributed by atoms with Crippen LogP contribution in [0.1, 0.15) is 34.0 Å². The molecule has 1 atom stereocenters. The monoisotopic (exact) mass is 253 g/mol. The third-order valence-electron chi connectivity index (χ3n) is 3.36. The van der Waals surface area contributed by atoms with E-state index < -0.39 is 0 Å². The standard InChI is InChI=1S/C16H15NO2/c1-10-5-6-15-13(7-10)14(18)9-16(19-15)11-3-2-4-12(17)8-11/h2-8,16H,9,17H2,1H3. The van der Waals surface area contributed by atoms with Gasteiger partial charge in [0.25, 0.3) is 0 Å². The number of carbonyl (C=O) groups excluding carboxylic acids is 1. The van der Waals surface area contributed by atoms with E-state index in [4.69, 9.17) is 10.5 Å². The van der Waals surface area contributed by atoms with Gasteiger partial charge in [0.15, 0.2) is 5.78 Å². The Morgan fingerprint density at radius 3 is 2.84 bits per heavy atom. The lowest BCUT2D eigenvalue weighted by Gasteiger charge is -2.26. The van der Waals surface area contributed by atoms with Crippen LogP contribution in [0.4, 0.5) is 5.69 Å². The summed E-state index contributed by atoms with van der Waals surface area (Å²) in [7, 11) is 0. The Balaban J connectivity index is 1.97. The first-order valence-corrected chi connectivity index (χ1v) is 6.29. The van der Waals surface area contributed by atoms with Gasteiger partial charge in [0.1, 0.15) is 11.9 Å². The summed E-state index contributed by atoms with van der Waals surface area (Å²) in [6, 6.07) is 13.2. The van der Waals surface area contributed by atoms with Crippen LogP contribution in [-0.4, -0.2) is 5.78 Å². The molecule has 0 aliphatic carbocycles. The van der Waals surface area contributed by atoms with Gasteiger partial charge >= 0.3 is 0 Å². The number of Topliss-reactive ketones (excluding diaryl/α,β-unsaturated/α-hetero) is 1. The SMILES string of the molecule is Cc1ccc2c(c1)C(=O)CC(c1cccc(N)c1)O2. The van der Waals surface area contributed by atoms with Crippen LogP contribution in [0.15, 0.2) is 42.5 Å². The molecule has 96 valence electrons. The first-order chi connectivity index (χ1) is 9.13. The predicted molar refractivity (Wildman–Crippen MR) is 74.3 cm³/mol. The van der Waals surface area contributed by atoms with Crippen molar-refractivity contribution in [3.63, 3.8) is 0 Å². The fourth-order valence-corrected chi connectivity index (χ4v) is 2.38. The van der Waals surface area contributed by atoms with E-state index in [2.05, 4.69) is 0 Å². The zero-order valence-electron chi connectivity index (χ0n) is 10.7. The number of hydrogen-bond donors (Lipinski definition) is 1. The van der Waals surface area contributed by atoms with Crippen molar-refractivity contribution in [3.05, 3.63) is 59.2 Å². The highest BCUT2D eigenvalue weighted by molar-refractivity contribution is 6.00. The number of carbonyl (C=O) groups is 1. The van der Waals surface area contributed by atoms with Crippen molar-refractivity contribution in [1.29, 1.82) is 0 Å². The molecule has 2 N–H and O–H groups in total. The second-order valence-electron chi connectivity index (χ2n) is 4.90. The van der Waals surface area contributed by atoms with Crippen LogP contribution in [0.5, 0.6) is 5.75 Å². The van der Waals surface area contributed by atoms with Gasteiger partial charge in [-0.3, -0.25) is 4.79 Å². The second-order valence-corrected chi connectivity index (χ2v) is 4.90. The lowest BCUT2D eigenvalue weighted by molar-refractivity contribution is 0.0850. The van der Waals surface area contributed by atoms with Crippen LogP contribution < -0.4 is 10.5 Å². The Hall–Kier alpha value is -2.29. The number of hydrogen-bond acceptors (Lipinski definition) is 3. The third-order valence-corrected chi connectivity index (χ3v) is 3.36. The van der Waals surface area contributed by atoms with Crippen molar-refractivity contribution in [3.8, 4) is 5.75 Å². The first-order valence-electron chi connectivity index (χ1n) is 6.29. The number of rotatable bonds is 1. The number of fused-ring (bicyclic) bond motifs is 1. The maximum atomic E-state index is 12.2. The lowest BCUT2D eigenvalue weighted by atomic mass is 9.95. The number of aryl methyl sites for hydroxylation is 1. The highest BCUT2D eigenvalue weighted by Crippen LogP contribution is 2.35. The molecule has 0 spiro atoms. The molecule has 19 heavy (non-hydrogen) atoms. The largest absolute Gasteiger partial charge is 0.484 e. The number of ketones is 1. The molecule has 0 saturated carbocycles.